The number of benzene rings is 1. The summed E-state index contributed by atoms with van der Waals surface area (Å²) in [6, 6.07) is 3.14. The van der Waals surface area contributed by atoms with E-state index in [1.807, 2.05) is 6.92 Å². The van der Waals surface area contributed by atoms with Gasteiger partial charge < -0.3 is 14.6 Å². The van der Waals surface area contributed by atoms with Crippen LogP contribution in [0.5, 0.6) is 5.75 Å². The number of methoxy groups -OCH3 is 2. The van der Waals surface area contributed by atoms with Gasteiger partial charge in [-0.2, -0.15) is 0 Å². The maximum atomic E-state index is 12.0. The lowest BCUT2D eigenvalue weighted by molar-refractivity contribution is 0.0479. The van der Waals surface area contributed by atoms with E-state index in [0.717, 1.165) is 29.5 Å². The van der Waals surface area contributed by atoms with Gasteiger partial charge in [-0.3, -0.25) is 0 Å². The maximum absolute atomic E-state index is 12.0. The normalized spacial score (nSPS) is 21.1. The van der Waals surface area contributed by atoms with E-state index >= 15 is 0 Å². The van der Waals surface area contributed by atoms with Gasteiger partial charge in [0.25, 0.3) is 0 Å². The Bertz CT molecular complexity index is 548. The van der Waals surface area contributed by atoms with Crippen molar-refractivity contribution in [1.82, 2.24) is 0 Å². The molecule has 0 amide bonds. The molecular weight excluding hydrogens is 256 g/mol. The van der Waals surface area contributed by atoms with Gasteiger partial charge in [0.2, 0.25) is 0 Å². The van der Waals surface area contributed by atoms with Crippen LogP contribution in [0.15, 0.2) is 24.3 Å². The molecule has 1 aromatic rings. The number of phenolic OH excluding ortho intramolecular Hbond substituents is 1. The van der Waals surface area contributed by atoms with Gasteiger partial charge in [-0.05, 0) is 43.0 Å². The fourth-order valence-corrected chi connectivity index (χ4v) is 2.97. The van der Waals surface area contributed by atoms with Gasteiger partial charge in [0.05, 0.1) is 18.8 Å². The number of fused-ring (bicyclic) bond motifs is 1. The molecule has 0 saturated carbocycles. The minimum Gasteiger partial charge on any atom is -0.508 e. The lowest BCUT2D eigenvalue weighted by Gasteiger charge is -2.34. The molecular formula is C16H20O4. The lowest BCUT2D eigenvalue weighted by Crippen LogP contribution is -2.25. The highest BCUT2D eigenvalue weighted by molar-refractivity contribution is 5.92. The molecule has 2 rings (SSSR count). The lowest BCUT2D eigenvalue weighted by atomic mass is 9.76. The van der Waals surface area contributed by atoms with Crippen molar-refractivity contribution in [3.05, 3.63) is 41.0 Å². The number of rotatable bonds is 3. The van der Waals surface area contributed by atoms with Crippen LogP contribution >= 0.6 is 0 Å². The standard InChI is InChI=1S/C16H20O4/c1-9(2)12-6-5-10-7-11(17)8-13(16(18)20-4)14(10)15(12)19-3/h7-8,12,15,17H,1,5-6H2,2-4H3/t12-,15-/m0/s1. The van der Waals surface area contributed by atoms with E-state index in [1.165, 1.54) is 13.2 Å². The topological polar surface area (TPSA) is 55.8 Å². The molecule has 1 aliphatic rings. The van der Waals surface area contributed by atoms with Crippen molar-refractivity contribution in [3.63, 3.8) is 0 Å². The van der Waals surface area contributed by atoms with E-state index in [4.69, 9.17) is 9.47 Å². The van der Waals surface area contributed by atoms with E-state index in [-0.39, 0.29) is 17.8 Å². The molecule has 1 N–H and O–H groups in total. The van der Waals surface area contributed by atoms with E-state index in [9.17, 15) is 9.90 Å². The molecule has 0 unspecified atom stereocenters. The molecule has 0 fully saturated rings. The third-order valence-electron chi connectivity index (χ3n) is 3.92. The van der Waals surface area contributed by atoms with Gasteiger partial charge in [0.15, 0.2) is 0 Å². The number of ether oxygens (including phenoxy) is 2. The first-order valence-electron chi connectivity index (χ1n) is 6.61. The number of hydrogen-bond acceptors (Lipinski definition) is 4. The fourth-order valence-electron chi connectivity index (χ4n) is 2.97. The Kier molecular flexibility index (Phi) is 4.14. The molecule has 0 bridgehead atoms. The summed E-state index contributed by atoms with van der Waals surface area (Å²) >= 11 is 0. The molecule has 0 radical (unpaired) electrons. The molecule has 0 spiro atoms. The fraction of sp³-hybridized carbons (Fsp3) is 0.438. The summed E-state index contributed by atoms with van der Waals surface area (Å²) in [6.07, 6.45) is 1.45. The molecule has 1 aromatic carbocycles. The predicted octanol–water partition coefficient (Wildman–Crippen LogP) is 3.00. The summed E-state index contributed by atoms with van der Waals surface area (Å²) in [5, 5.41) is 9.78. The van der Waals surface area contributed by atoms with Gasteiger partial charge in [-0.15, -0.1) is 0 Å². The Morgan fingerprint density at radius 2 is 2.10 bits per heavy atom. The second kappa shape index (κ2) is 5.67. The number of esters is 1. The molecule has 4 heteroatoms. The van der Waals surface area contributed by atoms with E-state index in [1.54, 1.807) is 13.2 Å². The van der Waals surface area contributed by atoms with Gasteiger partial charge in [-0.1, -0.05) is 12.2 Å². The van der Waals surface area contributed by atoms with Crippen LogP contribution in [0.3, 0.4) is 0 Å². The molecule has 0 aliphatic heterocycles. The van der Waals surface area contributed by atoms with Crippen LogP contribution in [0, 0.1) is 5.92 Å². The molecule has 0 heterocycles. The smallest absolute Gasteiger partial charge is 0.338 e. The van der Waals surface area contributed by atoms with Crippen molar-refractivity contribution in [3.8, 4) is 5.75 Å². The SMILES string of the molecule is C=C(C)[C@@H]1CCc2cc(O)cc(C(=O)OC)c2[C@H]1OC. The third kappa shape index (κ3) is 2.43. The van der Waals surface area contributed by atoms with Crippen LogP contribution < -0.4 is 0 Å². The highest BCUT2D eigenvalue weighted by Gasteiger charge is 2.34. The number of carbonyl (C=O) groups excluding carboxylic acids is 1. The Morgan fingerprint density at radius 3 is 2.65 bits per heavy atom. The minimum absolute atomic E-state index is 0.0766. The van der Waals surface area contributed by atoms with Crippen LogP contribution in [-0.4, -0.2) is 25.3 Å². The second-order valence-electron chi connectivity index (χ2n) is 5.21. The molecule has 1 aliphatic carbocycles. The van der Waals surface area contributed by atoms with Crippen LogP contribution in [-0.2, 0) is 15.9 Å². The summed E-state index contributed by atoms with van der Waals surface area (Å²) < 4.78 is 10.4. The number of aromatic hydroxyl groups is 1. The second-order valence-corrected chi connectivity index (χ2v) is 5.21. The zero-order chi connectivity index (χ0) is 14.9. The zero-order valence-corrected chi connectivity index (χ0v) is 12.1. The zero-order valence-electron chi connectivity index (χ0n) is 12.1. The number of hydrogen-bond donors (Lipinski definition) is 1. The maximum Gasteiger partial charge on any atom is 0.338 e. The number of phenols is 1. The van der Waals surface area contributed by atoms with Crippen molar-refractivity contribution in [1.29, 1.82) is 0 Å². The largest absolute Gasteiger partial charge is 0.508 e. The Balaban J connectivity index is 2.61. The first-order chi connectivity index (χ1) is 9.49. The van der Waals surface area contributed by atoms with Crippen LogP contribution in [0.4, 0.5) is 0 Å². The first kappa shape index (κ1) is 14.6. The van der Waals surface area contributed by atoms with Crippen molar-refractivity contribution >= 4 is 5.97 Å². The summed E-state index contributed by atoms with van der Waals surface area (Å²) in [7, 11) is 2.96. The number of carbonyl (C=O) groups is 1. The third-order valence-corrected chi connectivity index (χ3v) is 3.92. The van der Waals surface area contributed by atoms with Crippen LogP contribution in [0.1, 0.15) is 40.9 Å². The van der Waals surface area contributed by atoms with Crippen molar-refractivity contribution in [2.24, 2.45) is 5.92 Å². The van der Waals surface area contributed by atoms with Crippen LogP contribution in [0.2, 0.25) is 0 Å². The summed E-state index contributed by atoms with van der Waals surface area (Å²) in [4.78, 5) is 12.0. The highest BCUT2D eigenvalue weighted by atomic mass is 16.5. The monoisotopic (exact) mass is 276 g/mol. The Hall–Kier alpha value is -1.81. The minimum atomic E-state index is -0.457. The molecule has 0 saturated heterocycles. The van der Waals surface area contributed by atoms with E-state index in [2.05, 4.69) is 6.58 Å². The molecule has 0 aromatic heterocycles. The van der Waals surface area contributed by atoms with Crippen LogP contribution in [0.25, 0.3) is 0 Å². The Labute approximate surface area is 119 Å². The molecule has 108 valence electrons. The Morgan fingerprint density at radius 1 is 1.40 bits per heavy atom. The van der Waals surface area contributed by atoms with Gasteiger partial charge in [0, 0.05) is 13.0 Å². The van der Waals surface area contributed by atoms with Crippen molar-refractivity contribution in [2.75, 3.05) is 14.2 Å². The molecule has 4 nitrogen and oxygen atoms in total. The molecule has 2 atom stereocenters. The van der Waals surface area contributed by atoms with Gasteiger partial charge in [0.1, 0.15) is 5.75 Å². The van der Waals surface area contributed by atoms with Gasteiger partial charge >= 0.3 is 5.97 Å². The summed E-state index contributed by atoms with van der Waals surface area (Å²) in [5.41, 5.74) is 3.16. The summed E-state index contributed by atoms with van der Waals surface area (Å²) in [6.45, 7) is 5.99. The average molecular weight is 276 g/mol. The van der Waals surface area contributed by atoms with Gasteiger partial charge in [-0.25, -0.2) is 4.79 Å². The quantitative estimate of drug-likeness (QED) is 0.681. The predicted molar refractivity (Wildman–Crippen MR) is 75.8 cm³/mol. The highest BCUT2D eigenvalue weighted by Crippen LogP contribution is 2.43. The van der Waals surface area contributed by atoms with Crippen molar-refractivity contribution in [2.45, 2.75) is 25.9 Å². The summed E-state index contributed by atoms with van der Waals surface area (Å²) in [5.74, 6) is -0.213. The first-order valence-corrected chi connectivity index (χ1v) is 6.61. The number of aryl methyl sites for hydroxylation is 1. The van der Waals surface area contributed by atoms with E-state index < -0.39 is 5.97 Å². The molecule has 20 heavy (non-hydrogen) atoms. The van der Waals surface area contributed by atoms with E-state index in [0.29, 0.717) is 5.56 Å². The van der Waals surface area contributed by atoms with Crippen molar-refractivity contribution < 1.29 is 19.4 Å². The average Bonchev–Trinajstić information content (AvgIpc) is 2.43.